The van der Waals surface area contributed by atoms with Gasteiger partial charge in [-0.05, 0) is 51.4 Å². The van der Waals surface area contributed by atoms with Crippen LogP contribution in [0.1, 0.15) is 72.1 Å². The lowest BCUT2D eigenvalue weighted by molar-refractivity contribution is -0.354. The number of aliphatic hydroxyl groups is 7. The van der Waals surface area contributed by atoms with Crippen molar-refractivity contribution in [3.05, 3.63) is 0 Å². The standard InChI is InChI=1S/C27H43NO8/c1-14-4-7-18-22(3,31)26(34)17(12-28(18)11-14)24(33)13-25-16(23(24,32)10-20(26)30)6-5-15-21(25,2)9-8-19(29)27(15,35)36-25/h14-20,29-35H,4-13H2,1-3H3/t14-,15-,16-,17-,18-,19-,20-,21-,22+,23+,24+,25+,26-,27?/m0/s1. The normalized spacial score (nSPS) is 68.0. The van der Waals surface area contributed by atoms with Crippen molar-refractivity contribution < 1.29 is 40.5 Å². The number of nitrogens with zero attached hydrogens (tertiary/aromatic N) is 1. The average Bonchev–Trinajstić information content (AvgIpc) is 2.97. The van der Waals surface area contributed by atoms with E-state index in [1.54, 1.807) is 6.92 Å². The third-order valence-corrected chi connectivity index (χ3v) is 13.1. The molecule has 4 aliphatic carbocycles. The van der Waals surface area contributed by atoms with Gasteiger partial charge in [0.05, 0.1) is 11.7 Å². The Labute approximate surface area is 212 Å². The van der Waals surface area contributed by atoms with Gasteiger partial charge in [0.2, 0.25) is 0 Å². The molecular weight excluding hydrogens is 466 g/mol. The van der Waals surface area contributed by atoms with Crippen LogP contribution in [0.5, 0.6) is 0 Å². The molecule has 4 saturated carbocycles. The first-order valence-electron chi connectivity index (χ1n) is 14.0. The summed E-state index contributed by atoms with van der Waals surface area (Å²) in [5.41, 5.74) is -9.07. The highest BCUT2D eigenvalue weighted by Gasteiger charge is 2.88. The molecule has 9 nitrogen and oxygen atoms in total. The molecule has 204 valence electrons. The quantitative estimate of drug-likeness (QED) is 0.228. The second-order valence-electron chi connectivity index (χ2n) is 14.3. The van der Waals surface area contributed by atoms with Gasteiger partial charge in [-0.3, -0.25) is 4.90 Å². The van der Waals surface area contributed by atoms with Crippen LogP contribution in [0.15, 0.2) is 0 Å². The third-order valence-electron chi connectivity index (χ3n) is 13.1. The van der Waals surface area contributed by atoms with Crippen LogP contribution in [0.2, 0.25) is 0 Å². The molecule has 0 radical (unpaired) electrons. The predicted octanol–water partition coefficient (Wildman–Crippen LogP) is -0.526. The van der Waals surface area contributed by atoms with Crippen molar-refractivity contribution in [2.24, 2.45) is 29.1 Å². The van der Waals surface area contributed by atoms with E-state index in [2.05, 4.69) is 11.8 Å². The lowest BCUT2D eigenvalue weighted by Crippen LogP contribution is -2.85. The van der Waals surface area contributed by atoms with E-state index >= 15 is 0 Å². The van der Waals surface area contributed by atoms with Gasteiger partial charge in [0.25, 0.3) is 0 Å². The number of hydrogen-bond acceptors (Lipinski definition) is 9. The maximum Gasteiger partial charge on any atom is 0.196 e. The molecule has 3 heterocycles. The number of piperidine rings is 2. The fraction of sp³-hybridized carbons (Fsp3) is 1.00. The summed E-state index contributed by atoms with van der Waals surface area (Å²) in [5, 5.41) is 83.2. The van der Waals surface area contributed by atoms with Crippen LogP contribution in [-0.2, 0) is 4.74 Å². The zero-order chi connectivity index (χ0) is 25.9. The molecule has 0 amide bonds. The van der Waals surface area contributed by atoms with Crippen LogP contribution in [0.25, 0.3) is 0 Å². The number of fused-ring (bicyclic) bond motifs is 5. The number of aliphatic hydroxyl groups excluding tert-OH is 2. The first-order chi connectivity index (χ1) is 16.6. The van der Waals surface area contributed by atoms with Gasteiger partial charge in [-0.2, -0.15) is 0 Å². The van der Waals surface area contributed by atoms with Crippen molar-refractivity contribution in [1.29, 1.82) is 0 Å². The molecule has 7 rings (SSSR count). The zero-order valence-corrected chi connectivity index (χ0v) is 21.6. The molecule has 3 saturated heterocycles. The Morgan fingerprint density at radius 2 is 1.47 bits per heavy atom. The molecular formula is C27H43NO8. The molecule has 7 aliphatic rings. The summed E-state index contributed by atoms with van der Waals surface area (Å²) in [7, 11) is 0. The van der Waals surface area contributed by atoms with Crippen molar-refractivity contribution in [2.75, 3.05) is 13.1 Å². The fourth-order valence-electron chi connectivity index (χ4n) is 11.3. The van der Waals surface area contributed by atoms with E-state index < -0.39 is 63.3 Å². The van der Waals surface area contributed by atoms with Gasteiger partial charge >= 0.3 is 0 Å². The Kier molecular flexibility index (Phi) is 4.57. The van der Waals surface area contributed by atoms with Crippen LogP contribution in [0.4, 0.5) is 0 Å². The number of hydrogen-bond donors (Lipinski definition) is 7. The summed E-state index contributed by atoms with van der Waals surface area (Å²) in [6, 6.07) is -0.360. The highest BCUT2D eigenvalue weighted by Crippen LogP contribution is 2.78. The van der Waals surface area contributed by atoms with Gasteiger partial charge < -0.3 is 40.5 Å². The Hall–Kier alpha value is -0.360. The van der Waals surface area contributed by atoms with Crippen LogP contribution in [-0.4, -0.2) is 106 Å². The van der Waals surface area contributed by atoms with E-state index in [4.69, 9.17) is 4.74 Å². The molecule has 3 aliphatic heterocycles. The van der Waals surface area contributed by atoms with Crippen molar-refractivity contribution in [3.63, 3.8) is 0 Å². The number of ether oxygens (including phenoxy) is 1. The molecule has 7 N–H and O–H groups in total. The largest absolute Gasteiger partial charge is 0.390 e. The van der Waals surface area contributed by atoms with Crippen molar-refractivity contribution in [2.45, 2.75) is 124 Å². The Balaban J connectivity index is 1.39. The molecule has 7 fully saturated rings. The van der Waals surface area contributed by atoms with E-state index in [0.717, 1.165) is 6.42 Å². The van der Waals surface area contributed by atoms with Crippen molar-refractivity contribution in [3.8, 4) is 0 Å². The van der Waals surface area contributed by atoms with Gasteiger partial charge in [-0.15, -0.1) is 0 Å². The second kappa shape index (κ2) is 6.67. The van der Waals surface area contributed by atoms with E-state index in [1.807, 2.05) is 6.92 Å². The van der Waals surface area contributed by atoms with E-state index in [9.17, 15) is 35.7 Å². The first kappa shape index (κ1) is 24.7. The molecule has 0 aromatic heterocycles. The molecule has 36 heavy (non-hydrogen) atoms. The first-order valence-corrected chi connectivity index (χ1v) is 14.0. The van der Waals surface area contributed by atoms with Crippen LogP contribution < -0.4 is 0 Å². The maximum absolute atomic E-state index is 12.7. The Morgan fingerprint density at radius 3 is 2.19 bits per heavy atom. The summed E-state index contributed by atoms with van der Waals surface area (Å²) in [6.07, 6.45) is 0.752. The minimum absolute atomic E-state index is 0.0208. The minimum Gasteiger partial charge on any atom is -0.390 e. The van der Waals surface area contributed by atoms with Gasteiger partial charge in [0.1, 0.15) is 28.5 Å². The van der Waals surface area contributed by atoms with Gasteiger partial charge in [-0.25, -0.2) is 0 Å². The predicted molar refractivity (Wildman–Crippen MR) is 126 cm³/mol. The topological polar surface area (TPSA) is 154 Å². The van der Waals surface area contributed by atoms with Gasteiger partial charge in [0, 0.05) is 55.1 Å². The van der Waals surface area contributed by atoms with Gasteiger partial charge in [-0.1, -0.05) is 13.8 Å². The molecule has 0 aromatic rings. The van der Waals surface area contributed by atoms with Crippen molar-refractivity contribution >= 4 is 0 Å². The lowest BCUT2D eigenvalue weighted by Gasteiger charge is -2.68. The molecule has 9 heteroatoms. The molecule has 1 spiro atoms. The van der Waals surface area contributed by atoms with E-state index in [1.165, 1.54) is 0 Å². The molecule has 4 bridgehead atoms. The smallest absolute Gasteiger partial charge is 0.196 e. The molecule has 0 aromatic carbocycles. The second-order valence-corrected chi connectivity index (χ2v) is 14.3. The monoisotopic (exact) mass is 509 g/mol. The molecule has 1 unspecified atom stereocenters. The lowest BCUT2D eigenvalue weighted by atomic mass is 9.49. The summed E-state index contributed by atoms with van der Waals surface area (Å²) in [4.78, 5) is 2.12. The summed E-state index contributed by atoms with van der Waals surface area (Å²) < 4.78 is 6.52. The average molecular weight is 510 g/mol. The van der Waals surface area contributed by atoms with Crippen LogP contribution >= 0.6 is 0 Å². The highest BCUT2D eigenvalue weighted by molar-refractivity contribution is 5.37. The maximum atomic E-state index is 12.7. The van der Waals surface area contributed by atoms with Crippen molar-refractivity contribution in [1.82, 2.24) is 4.90 Å². The van der Waals surface area contributed by atoms with E-state index in [0.29, 0.717) is 44.6 Å². The Morgan fingerprint density at radius 1 is 0.778 bits per heavy atom. The Bertz CT molecular complexity index is 995. The zero-order valence-electron chi connectivity index (χ0n) is 21.6. The van der Waals surface area contributed by atoms with Crippen LogP contribution in [0.3, 0.4) is 0 Å². The van der Waals surface area contributed by atoms with E-state index in [-0.39, 0.29) is 31.3 Å². The minimum atomic E-state index is -2.02. The molecule has 14 atom stereocenters. The third kappa shape index (κ3) is 2.27. The number of rotatable bonds is 0. The van der Waals surface area contributed by atoms with Crippen LogP contribution in [0, 0.1) is 29.1 Å². The van der Waals surface area contributed by atoms with Gasteiger partial charge in [0.15, 0.2) is 5.79 Å². The summed E-state index contributed by atoms with van der Waals surface area (Å²) >= 11 is 0. The summed E-state index contributed by atoms with van der Waals surface area (Å²) in [6.45, 7) is 6.70. The SMILES string of the molecule is C[C@H]1CC[C@@H]2N(C1)C[C@@H]1[C@](O)([C@@H](O)C[C@@]3(O)[C@@H]4CC[C@@H]5C6(O)O[C@@]4(C[C@@]13O)[C@@]5(C)CC[C@@H]6O)[C@]2(C)O. The fourth-order valence-corrected chi connectivity index (χ4v) is 11.3. The highest BCUT2D eigenvalue weighted by atomic mass is 16.7. The summed E-state index contributed by atoms with van der Waals surface area (Å²) in [5.74, 6) is -3.30.